The van der Waals surface area contributed by atoms with Crippen LogP contribution >= 0.6 is 0 Å². The number of carbonyl (C=O) groups excluding carboxylic acids is 1. The van der Waals surface area contributed by atoms with Crippen LogP contribution in [0.5, 0.6) is 0 Å². The summed E-state index contributed by atoms with van der Waals surface area (Å²) in [5.41, 5.74) is 0.861. The quantitative estimate of drug-likeness (QED) is 0.795. The second kappa shape index (κ2) is 5.62. The molecule has 0 amide bonds. The van der Waals surface area contributed by atoms with Crippen molar-refractivity contribution in [2.45, 2.75) is 24.8 Å². The van der Waals surface area contributed by atoms with Gasteiger partial charge in [-0.15, -0.1) is 0 Å². The Morgan fingerprint density at radius 2 is 1.78 bits per heavy atom. The molecule has 0 saturated heterocycles. The molecule has 118 valence electrons. The Balaban J connectivity index is 2.27. The third-order valence-corrected chi connectivity index (χ3v) is 5.63. The van der Waals surface area contributed by atoms with Crippen molar-refractivity contribution in [2.75, 3.05) is 0 Å². The van der Waals surface area contributed by atoms with E-state index in [4.69, 9.17) is 0 Å². The standard InChI is InChI=1S/C17H16N2O3S/c1-12(2)19-15(11-13-7-5-6-10-18-13)17(20)14-8-3-4-9-16(14)23(19,21)22/h3-12H,1-2H3/b15-11+. The van der Waals surface area contributed by atoms with Gasteiger partial charge in [0.1, 0.15) is 5.70 Å². The Morgan fingerprint density at radius 3 is 2.43 bits per heavy atom. The molecular formula is C17H16N2O3S. The Hall–Kier alpha value is -2.47. The number of fused-ring (bicyclic) bond motifs is 1. The molecule has 6 heteroatoms. The number of pyridine rings is 1. The fourth-order valence-corrected chi connectivity index (χ4v) is 4.49. The smallest absolute Gasteiger partial charge is 0.265 e. The van der Waals surface area contributed by atoms with Crippen molar-refractivity contribution in [3.05, 3.63) is 65.6 Å². The maximum absolute atomic E-state index is 12.9. The number of rotatable bonds is 2. The molecule has 0 fully saturated rings. The lowest BCUT2D eigenvalue weighted by Gasteiger charge is -2.34. The van der Waals surface area contributed by atoms with Gasteiger partial charge in [0, 0.05) is 17.8 Å². The zero-order valence-corrected chi connectivity index (χ0v) is 13.6. The molecule has 2 heterocycles. The number of carbonyl (C=O) groups is 1. The third-order valence-electron chi connectivity index (χ3n) is 3.58. The summed E-state index contributed by atoms with van der Waals surface area (Å²) in [6.07, 6.45) is 3.12. The van der Waals surface area contributed by atoms with Gasteiger partial charge >= 0.3 is 0 Å². The maximum Gasteiger partial charge on any atom is 0.265 e. The minimum Gasteiger partial charge on any atom is -0.287 e. The molecular weight excluding hydrogens is 312 g/mol. The van der Waals surface area contributed by atoms with E-state index in [-0.39, 0.29) is 28.0 Å². The van der Waals surface area contributed by atoms with Gasteiger partial charge in [-0.25, -0.2) is 8.42 Å². The largest absolute Gasteiger partial charge is 0.287 e. The predicted molar refractivity (Wildman–Crippen MR) is 87.1 cm³/mol. The molecule has 0 bridgehead atoms. The van der Waals surface area contributed by atoms with Crippen LogP contribution in [0.15, 0.2) is 59.3 Å². The lowest BCUT2D eigenvalue weighted by Crippen LogP contribution is -2.43. The fraction of sp³-hybridized carbons (Fsp3) is 0.176. The van der Waals surface area contributed by atoms with Crippen LogP contribution in [0.25, 0.3) is 6.08 Å². The number of hydrogen-bond donors (Lipinski definition) is 0. The number of sulfonamides is 1. The van der Waals surface area contributed by atoms with Gasteiger partial charge in [-0.05, 0) is 44.2 Å². The molecule has 0 spiro atoms. The minimum atomic E-state index is -3.77. The van der Waals surface area contributed by atoms with Crippen molar-refractivity contribution in [1.82, 2.24) is 9.29 Å². The van der Waals surface area contributed by atoms with Crippen LogP contribution in [0, 0.1) is 0 Å². The van der Waals surface area contributed by atoms with E-state index in [1.165, 1.54) is 16.4 Å². The summed E-state index contributed by atoms with van der Waals surface area (Å²) in [5, 5.41) is 0. The second-order valence-corrected chi connectivity index (χ2v) is 7.29. The van der Waals surface area contributed by atoms with E-state index in [1.54, 1.807) is 56.4 Å². The molecule has 0 saturated carbocycles. The highest BCUT2D eigenvalue weighted by Gasteiger charge is 2.40. The molecule has 1 aliphatic rings. The predicted octanol–water partition coefficient (Wildman–Crippen LogP) is 2.72. The zero-order chi connectivity index (χ0) is 16.6. The van der Waals surface area contributed by atoms with E-state index < -0.39 is 10.0 Å². The first-order valence-corrected chi connectivity index (χ1v) is 8.68. The monoisotopic (exact) mass is 328 g/mol. The van der Waals surface area contributed by atoms with Crippen molar-refractivity contribution in [1.29, 1.82) is 0 Å². The Kier molecular flexibility index (Phi) is 3.77. The Bertz CT molecular complexity index is 887. The van der Waals surface area contributed by atoms with Crippen molar-refractivity contribution in [3.8, 4) is 0 Å². The molecule has 1 aromatic heterocycles. The summed E-state index contributed by atoms with van der Waals surface area (Å²) < 4.78 is 27.0. The van der Waals surface area contributed by atoms with Gasteiger partial charge in [0.15, 0.2) is 0 Å². The average molecular weight is 328 g/mol. The van der Waals surface area contributed by atoms with Crippen molar-refractivity contribution < 1.29 is 13.2 Å². The summed E-state index contributed by atoms with van der Waals surface area (Å²) in [5.74, 6) is -0.310. The van der Waals surface area contributed by atoms with Crippen molar-refractivity contribution in [3.63, 3.8) is 0 Å². The van der Waals surface area contributed by atoms with E-state index in [0.717, 1.165) is 0 Å². The van der Waals surface area contributed by atoms with E-state index in [9.17, 15) is 13.2 Å². The van der Waals surface area contributed by atoms with E-state index in [2.05, 4.69) is 4.98 Å². The summed E-state index contributed by atoms with van der Waals surface area (Å²) in [6.45, 7) is 3.48. The Morgan fingerprint density at radius 1 is 1.09 bits per heavy atom. The molecule has 1 aromatic carbocycles. The summed E-state index contributed by atoms with van der Waals surface area (Å²) in [7, 11) is -3.77. The number of Topliss-reactive ketones (excluding diaryl/α,β-unsaturated/α-hetero) is 1. The van der Waals surface area contributed by atoms with Gasteiger partial charge in [0.05, 0.1) is 10.6 Å². The number of nitrogens with zero attached hydrogens (tertiary/aromatic N) is 2. The first kappa shape index (κ1) is 15.4. The first-order chi connectivity index (χ1) is 10.9. The molecule has 0 radical (unpaired) electrons. The van der Waals surface area contributed by atoms with E-state index in [1.807, 2.05) is 0 Å². The van der Waals surface area contributed by atoms with Gasteiger partial charge in [0.25, 0.3) is 10.0 Å². The lowest BCUT2D eigenvalue weighted by molar-refractivity contribution is 0.0996. The average Bonchev–Trinajstić information content (AvgIpc) is 2.53. The zero-order valence-electron chi connectivity index (χ0n) is 12.8. The molecule has 23 heavy (non-hydrogen) atoms. The molecule has 0 N–H and O–H groups in total. The van der Waals surface area contributed by atoms with Crippen LogP contribution in [0.1, 0.15) is 29.9 Å². The number of ketones is 1. The van der Waals surface area contributed by atoms with Crippen LogP contribution in [-0.4, -0.2) is 29.5 Å². The highest BCUT2D eigenvalue weighted by molar-refractivity contribution is 7.89. The van der Waals surface area contributed by atoms with Gasteiger partial charge in [-0.3, -0.25) is 14.1 Å². The van der Waals surface area contributed by atoms with Crippen molar-refractivity contribution in [2.24, 2.45) is 0 Å². The minimum absolute atomic E-state index is 0.0527. The highest BCUT2D eigenvalue weighted by atomic mass is 32.2. The van der Waals surface area contributed by atoms with Crippen LogP contribution in [0.2, 0.25) is 0 Å². The van der Waals surface area contributed by atoms with Gasteiger partial charge in [-0.1, -0.05) is 18.2 Å². The Labute approximate surface area is 135 Å². The van der Waals surface area contributed by atoms with Crippen LogP contribution < -0.4 is 0 Å². The molecule has 0 aliphatic carbocycles. The van der Waals surface area contributed by atoms with Gasteiger partial charge in [0.2, 0.25) is 5.78 Å². The third kappa shape index (κ3) is 2.55. The van der Waals surface area contributed by atoms with Crippen LogP contribution in [0.3, 0.4) is 0 Å². The molecule has 1 aliphatic heterocycles. The second-order valence-electron chi connectivity index (χ2n) is 5.50. The van der Waals surface area contributed by atoms with Crippen LogP contribution in [0.4, 0.5) is 0 Å². The van der Waals surface area contributed by atoms with Gasteiger partial charge in [-0.2, -0.15) is 0 Å². The molecule has 5 nitrogen and oxygen atoms in total. The molecule has 2 aromatic rings. The summed E-state index contributed by atoms with van der Waals surface area (Å²) in [4.78, 5) is 17.0. The maximum atomic E-state index is 12.9. The SMILES string of the molecule is CC(C)N1/C(=C/c2ccccn2)C(=O)c2ccccc2S1(=O)=O. The van der Waals surface area contributed by atoms with Crippen molar-refractivity contribution >= 4 is 21.9 Å². The number of hydrogen-bond acceptors (Lipinski definition) is 4. The normalized spacial score (nSPS) is 18.3. The lowest BCUT2D eigenvalue weighted by atomic mass is 10.1. The molecule has 0 unspecified atom stereocenters. The summed E-state index contributed by atoms with van der Waals surface area (Å²) in [6, 6.07) is 11.2. The van der Waals surface area contributed by atoms with E-state index in [0.29, 0.717) is 5.69 Å². The highest BCUT2D eigenvalue weighted by Crippen LogP contribution is 2.34. The topological polar surface area (TPSA) is 67.3 Å². The number of allylic oxidation sites excluding steroid dienone is 1. The number of aromatic nitrogens is 1. The fourth-order valence-electron chi connectivity index (χ4n) is 2.64. The first-order valence-electron chi connectivity index (χ1n) is 7.24. The molecule has 3 rings (SSSR count). The number of benzene rings is 1. The van der Waals surface area contributed by atoms with E-state index >= 15 is 0 Å². The summed E-state index contributed by atoms with van der Waals surface area (Å²) >= 11 is 0. The molecule has 0 atom stereocenters. The van der Waals surface area contributed by atoms with Gasteiger partial charge < -0.3 is 0 Å². The van der Waals surface area contributed by atoms with Crippen LogP contribution in [-0.2, 0) is 10.0 Å².